The molecule has 0 atom stereocenters. The first-order valence-electron chi connectivity index (χ1n) is 10.8. The Kier molecular flexibility index (Phi) is 6.33. The lowest BCUT2D eigenvalue weighted by atomic mass is 10.0. The molecule has 2 heterocycles. The summed E-state index contributed by atoms with van der Waals surface area (Å²) in [5, 5.41) is 10.3. The molecule has 0 spiro atoms. The summed E-state index contributed by atoms with van der Waals surface area (Å²) in [7, 11) is 0. The number of aromatic hydroxyl groups is 1. The van der Waals surface area contributed by atoms with E-state index in [2.05, 4.69) is 17.0 Å². The Morgan fingerprint density at radius 2 is 1.50 bits per heavy atom. The molecule has 2 aliphatic heterocycles. The molecule has 6 heteroatoms. The average Bonchev–Trinajstić information content (AvgIpc) is 3.31. The molecule has 0 unspecified atom stereocenters. The first-order chi connectivity index (χ1) is 14.6. The van der Waals surface area contributed by atoms with E-state index in [-0.39, 0.29) is 17.6 Å². The second-order valence-corrected chi connectivity index (χ2v) is 8.17. The van der Waals surface area contributed by atoms with Crippen LogP contribution >= 0.6 is 0 Å². The van der Waals surface area contributed by atoms with Gasteiger partial charge in [-0.05, 0) is 42.5 Å². The van der Waals surface area contributed by atoms with Gasteiger partial charge in [-0.15, -0.1) is 0 Å². The molecule has 0 radical (unpaired) electrons. The third-order valence-electron chi connectivity index (χ3n) is 6.02. The molecule has 30 heavy (non-hydrogen) atoms. The Morgan fingerprint density at radius 3 is 2.20 bits per heavy atom. The van der Waals surface area contributed by atoms with Gasteiger partial charge in [-0.3, -0.25) is 14.5 Å². The van der Waals surface area contributed by atoms with Gasteiger partial charge in [-0.1, -0.05) is 36.4 Å². The Bertz CT molecular complexity index is 886. The van der Waals surface area contributed by atoms with Crippen LogP contribution in [0, 0.1) is 0 Å². The van der Waals surface area contributed by atoms with E-state index in [0.717, 1.165) is 37.1 Å². The zero-order chi connectivity index (χ0) is 20.9. The topological polar surface area (TPSA) is 64.1 Å². The fourth-order valence-electron chi connectivity index (χ4n) is 4.23. The van der Waals surface area contributed by atoms with Crippen molar-refractivity contribution in [3.63, 3.8) is 0 Å². The lowest BCUT2D eigenvalue weighted by Crippen LogP contribution is -2.51. The van der Waals surface area contributed by atoms with Crippen molar-refractivity contribution in [2.24, 2.45) is 0 Å². The maximum Gasteiger partial charge on any atom is 0.257 e. The molecule has 0 aromatic heterocycles. The summed E-state index contributed by atoms with van der Waals surface area (Å²) in [5.74, 6) is 0.0647. The number of likely N-dealkylation sites (tertiary alicyclic amines) is 1. The normalized spacial score (nSPS) is 17.3. The lowest BCUT2D eigenvalue weighted by molar-refractivity contribution is -0.131. The first-order valence-corrected chi connectivity index (χ1v) is 10.8. The van der Waals surface area contributed by atoms with Crippen molar-refractivity contribution in [3.05, 3.63) is 65.2 Å². The first kappa shape index (κ1) is 20.4. The number of piperazine rings is 1. The monoisotopic (exact) mass is 407 g/mol. The van der Waals surface area contributed by atoms with Crippen molar-refractivity contribution in [3.8, 4) is 5.75 Å². The van der Waals surface area contributed by atoms with Crippen molar-refractivity contribution in [1.29, 1.82) is 0 Å². The molecule has 1 N–H and O–H groups in total. The van der Waals surface area contributed by atoms with Gasteiger partial charge in [0.1, 0.15) is 5.75 Å². The maximum atomic E-state index is 13.0. The molecule has 2 fully saturated rings. The van der Waals surface area contributed by atoms with Gasteiger partial charge in [0.2, 0.25) is 5.91 Å². The van der Waals surface area contributed by atoms with Crippen LogP contribution in [0.15, 0.2) is 48.5 Å². The molecule has 2 saturated heterocycles. The van der Waals surface area contributed by atoms with Crippen LogP contribution in [0.2, 0.25) is 0 Å². The predicted molar refractivity (Wildman–Crippen MR) is 116 cm³/mol. The molecule has 2 aromatic carbocycles. The van der Waals surface area contributed by atoms with Gasteiger partial charge in [0, 0.05) is 39.3 Å². The highest BCUT2D eigenvalue weighted by atomic mass is 16.3. The summed E-state index contributed by atoms with van der Waals surface area (Å²) < 4.78 is 0. The molecular weight excluding hydrogens is 378 g/mol. The van der Waals surface area contributed by atoms with Gasteiger partial charge < -0.3 is 14.9 Å². The second-order valence-electron chi connectivity index (χ2n) is 8.17. The van der Waals surface area contributed by atoms with E-state index in [1.165, 1.54) is 0 Å². The minimum Gasteiger partial charge on any atom is -0.507 e. The SMILES string of the molecule is O=C(CN1CCN(C(=O)c2cc(Cc3ccccc3)ccc2O)CC1)N1CCCC1. The zero-order valence-corrected chi connectivity index (χ0v) is 17.3. The fourth-order valence-corrected chi connectivity index (χ4v) is 4.23. The highest BCUT2D eigenvalue weighted by Crippen LogP contribution is 2.23. The summed E-state index contributed by atoms with van der Waals surface area (Å²) in [4.78, 5) is 31.2. The molecule has 0 bridgehead atoms. The van der Waals surface area contributed by atoms with Crippen LogP contribution in [0.1, 0.15) is 34.3 Å². The summed E-state index contributed by atoms with van der Waals surface area (Å²) in [5.41, 5.74) is 2.51. The van der Waals surface area contributed by atoms with Crippen LogP contribution in [0.5, 0.6) is 5.75 Å². The third-order valence-corrected chi connectivity index (χ3v) is 6.02. The molecular formula is C24H29N3O3. The number of phenolic OH excluding ortho intramolecular Hbond substituents is 1. The van der Waals surface area contributed by atoms with Gasteiger partial charge in [0.25, 0.3) is 5.91 Å². The van der Waals surface area contributed by atoms with E-state index in [1.807, 2.05) is 29.2 Å². The summed E-state index contributed by atoms with van der Waals surface area (Å²) in [6.45, 7) is 4.65. The van der Waals surface area contributed by atoms with Gasteiger partial charge in [0.05, 0.1) is 12.1 Å². The predicted octanol–water partition coefficient (Wildman–Crippen LogP) is 2.36. The second kappa shape index (κ2) is 9.30. The number of benzene rings is 2. The number of rotatable bonds is 5. The standard InChI is InChI=1S/C24H29N3O3/c28-22-9-8-20(16-19-6-2-1-3-7-19)17-21(22)24(30)27-14-12-25(13-15-27)18-23(29)26-10-4-5-11-26/h1-3,6-9,17,28H,4-5,10-16,18H2. The Labute approximate surface area is 177 Å². The van der Waals surface area contributed by atoms with Crippen molar-refractivity contribution >= 4 is 11.8 Å². The number of hydrogen-bond acceptors (Lipinski definition) is 4. The molecule has 2 amide bonds. The number of hydrogen-bond donors (Lipinski definition) is 1. The van der Waals surface area contributed by atoms with Gasteiger partial charge >= 0.3 is 0 Å². The molecule has 2 aliphatic rings. The van der Waals surface area contributed by atoms with Crippen molar-refractivity contribution in [2.45, 2.75) is 19.3 Å². The summed E-state index contributed by atoms with van der Waals surface area (Å²) in [6.07, 6.45) is 2.91. The molecule has 0 saturated carbocycles. The summed E-state index contributed by atoms with van der Waals surface area (Å²) >= 11 is 0. The highest BCUT2D eigenvalue weighted by molar-refractivity contribution is 5.97. The molecule has 2 aromatic rings. The number of phenols is 1. The van der Waals surface area contributed by atoms with E-state index in [0.29, 0.717) is 44.7 Å². The van der Waals surface area contributed by atoms with Gasteiger partial charge in [0.15, 0.2) is 0 Å². The Balaban J connectivity index is 1.35. The van der Waals surface area contributed by atoms with E-state index in [1.54, 1.807) is 17.0 Å². The molecule has 0 aliphatic carbocycles. The number of nitrogens with zero attached hydrogens (tertiary/aromatic N) is 3. The minimum absolute atomic E-state index is 0.0171. The van der Waals surface area contributed by atoms with Crippen LogP contribution in [-0.4, -0.2) is 77.4 Å². The van der Waals surface area contributed by atoms with Crippen LogP contribution < -0.4 is 0 Å². The highest BCUT2D eigenvalue weighted by Gasteiger charge is 2.27. The lowest BCUT2D eigenvalue weighted by Gasteiger charge is -2.35. The summed E-state index contributed by atoms with van der Waals surface area (Å²) in [6, 6.07) is 15.3. The van der Waals surface area contributed by atoms with Crippen LogP contribution in [-0.2, 0) is 11.2 Å². The average molecular weight is 408 g/mol. The molecule has 6 nitrogen and oxygen atoms in total. The Morgan fingerprint density at radius 1 is 0.800 bits per heavy atom. The quantitative estimate of drug-likeness (QED) is 0.827. The Hall–Kier alpha value is -2.86. The van der Waals surface area contributed by atoms with Crippen LogP contribution in [0.25, 0.3) is 0 Å². The third kappa shape index (κ3) is 4.82. The number of carbonyl (C=O) groups is 2. The van der Waals surface area contributed by atoms with Crippen molar-refractivity contribution in [2.75, 3.05) is 45.8 Å². The van der Waals surface area contributed by atoms with Crippen LogP contribution in [0.3, 0.4) is 0 Å². The molecule has 158 valence electrons. The largest absolute Gasteiger partial charge is 0.507 e. The van der Waals surface area contributed by atoms with E-state index < -0.39 is 0 Å². The van der Waals surface area contributed by atoms with E-state index >= 15 is 0 Å². The minimum atomic E-state index is -0.145. The number of amides is 2. The van der Waals surface area contributed by atoms with Crippen molar-refractivity contribution in [1.82, 2.24) is 14.7 Å². The molecule has 4 rings (SSSR count). The van der Waals surface area contributed by atoms with Gasteiger partial charge in [-0.2, -0.15) is 0 Å². The smallest absolute Gasteiger partial charge is 0.257 e. The maximum absolute atomic E-state index is 13.0. The van der Waals surface area contributed by atoms with E-state index in [4.69, 9.17) is 0 Å². The van der Waals surface area contributed by atoms with Crippen molar-refractivity contribution < 1.29 is 14.7 Å². The van der Waals surface area contributed by atoms with Crippen LogP contribution in [0.4, 0.5) is 0 Å². The van der Waals surface area contributed by atoms with E-state index in [9.17, 15) is 14.7 Å². The fraction of sp³-hybridized carbons (Fsp3) is 0.417. The zero-order valence-electron chi connectivity index (χ0n) is 17.3. The van der Waals surface area contributed by atoms with Gasteiger partial charge in [-0.25, -0.2) is 0 Å². The number of carbonyl (C=O) groups excluding carboxylic acids is 2.